The highest BCUT2D eigenvalue weighted by Gasteiger charge is 2.14. The molecule has 1 amide bonds. The number of likely N-dealkylation sites (tertiary alicyclic amines) is 1. The van der Waals surface area contributed by atoms with Gasteiger partial charge in [0.05, 0.1) is 18.7 Å². The number of nitrogens with one attached hydrogen (secondary N) is 1. The molecule has 2 heterocycles. The third-order valence-corrected chi connectivity index (χ3v) is 4.42. The van der Waals surface area contributed by atoms with E-state index in [1.807, 2.05) is 5.38 Å². The molecular formula is C15H25N3OS. The number of amides is 1. The van der Waals surface area contributed by atoms with Crippen LogP contribution >= 0.6 is 11.3 Å². The predicted molar refractivity (Wildman–Crippen MR) is 82.8 cm³/mol. The van der Waals surface area contributed by atoms with Crippen molar-refractivity contribution in [3.63, 3.8) is 0 Å². The van der Waals surface area contributed by atoms with Crippen LogP contribution in [0.4, 0.5) is 0 Å². The van der Waals surface area contributed by atoms with Crippen LogP contribution < -0.4 is 5.32 Å². The van der Waals surface area contributed by atoms with Crippen LogP contribution in [0.1, 0.15) is 43.8 Å². The van der Waals surface area contributed by atoms with E-state index < -0.39 is 0 Å². The Hall–Kier alpha value is -0.940. The fourth-order valence-electron chi connectivity index (χ4n) is 2.36. The number of rotatable bonds is 7. The first kappa shape index (κ1) is 15.4. The lowest BCUT2D eigenvalue weighted by atomic mass is 10.1. The Kier molecular flexibility index (Phi) is 5.98. The second-order valence-electron chi connectivity index (χ2n) is 5.93. The molecule has 0 radical (unpaired) electrons. The highest BCUT2D eigenvalue weighted by Crippen LogP contribution is 2.16. The van der Waals surface area contributed by atoms with Gasteiger partial charge in [0.1, 0.15) is 5.01 Å². The summed E-state index contributed by atoms with van der Waals surface area (Å²) in [5, 5.41) is 6.12. The first-order valence-corrected chi connectivity index (χ1v) is 8.44. The Labute approximate surface area is 125 Å². The summed E-state index contributed by atoms with van der Waals surface area (Å²) in [5.74, 6) is 0.713. The Morgan fingerprint density at radius 3 is 2.90 bits per heavy atom. The molecule has 0 spiro atoms. The van der Waals surface area contributed by atoms with Crippen molar-refractivity contribution >= 4 is 17.2 Å². The summed E-state index contributed by atoms with van der Waals surface area (Å²) in [6.45, 7) is 8.41. The maximum absolute atomic E-state index is 11.8. The summed E-state index contributed by atoms with van der Waals surface area (Å²) < 4.78 is 0. The zero-order valence-electron chi connectivity index (χ0n) is 12.5. The average molecular weight is 295 g/mol. The third-order valence-electron chi connectivity index (χ3n) is 3.54. The highest BCUT2D eigenvalue weighted by molar-refractivity contribution is 7.09. The minimum Gasteiger partial charge on any atom is -0.356 e. The lowest BCUT2D eigenvalue weighted by molar-refractivity contribution is -0.120. The summed E-state index contributed by atoms with van der Waals surface area (Å²) in [6, 6.07) is 0. The summed E-state index contributed by atoms with van der Waals surface area (Å²) in [5.41, 5.74) is 0.909. The zero-order chi connectivity index (χ0) is 14.4. The molecule has 1 fully saturated rings. The van der Waals surface area contributed by atoms with Gasteiger partial charge in [-0.15, -0.1) is 11.3 Å². The van der Waals surface area contributed by atoms with Crippen molar-refractivity contribution in [2.45, 2.75) is 46.1 Å². The van der Waals surface area contributed by atoms with Crippen LogP contribution in [0, 0.1) is 5.92 Å². The van der Waals surface area contributed by atoms with Crippen LogP contribution in [0.5, 0.6) is 0 Å². The van der Waals surface area contributed by atoms with E-state index in [-0.39, 0.29) is 5.91 Å². The van der Waals surface area contributed by atoms with Crippen molar-refractivity contribution in [3.05, 3.63) is 16.1 Å². The third kappa shape index (κ3) is 5.21. The van der Waals surface area contributed by atoms with E-state index in [4.69, 9.17) is 0 Å². The SMILES string of the molecule is CC(C)CCNC(=O)Cc1csc(CN2CCCC2)n1. The van der Waals surface area contributed by atoms with Crippen LogP contribution in [0.2, 0.25) is 0 Å². The largest absolute Gasteiger partial charge is 0.356 e. The monoisotopic (exact) mass is 295 g/mol. The van der Waals surface area contributed by atoms with E-state index >= 15 is 0 Å². The Balaban J connectivity index is 1.72. The van der Waals surface area contributed by atoms with Crippen LogP contribution in [0.25, 0.3) is 0 Å². The van der Waals surface area contributed by atoms with E-state index in [1.165, 1.54) is 25.9 Å². The topological polar surface area (TPSA) is 45.2 Å². The Bertz CT molecular complexity index is 425. The van der Waals surface area contributed by atoms with E-state index in [9.17, 15) is 4.79 Å². The molecule has 1 saturated heterocycles. The van der Waals surface area contributed by atoms with Crippen molar-refractivity contribution < 1.29 is 4.79 Å². The predicted octanol–water partition coefficient (Wildman–Crippen LogP) is 2.44. The number of carbonyl (C=O) groups excluding carboxylic acids is 1. The summed E-state index contributed by atoms with van der Waals surface area (Å²) in [4.78, 5) is 18.8. The standard InChI is InChI=1S/C15H25N3OS/c1-12(2)5-6-16-14(19)9-13-11-20-15(17-13)10-18-7-3-4-8-18/h11-12H,3-10H2,1-2H3,(H,16,19). The molecule has 20 heavy (non-hydrogen) atoms. The van der Waals surface area contributed by atoms with Crippen molar-refractivity contribution in [2.75, 3.05) is 19.6 Å². The molecule has 1 N–H and O–H groups in total. The van der Waals surface area contributed by atoms with Gasteiger partial charge in [-0.05, 0) is 38.3 Å². The van der Waals surface area contributed by atoms with Crippen molar-refractivity contribution in [2.24, 2.45) is 5.92 Å². The molecule has 1 aliphatic heterocycles. The molecule has 0 bridgehead atoms. The molecule has 0 atom stereocenters. The van der Waals surface area contributed by atoms with Gasteiger partial charge in [0, 0.05) is 11.9 Å². The number of hydrogen-bond acceptors (Lipinski definition) is 4. The fourth-order valence-corrected chi connectivity index (χ4v) is 3.20. The number of nitrogens with zero attached hydrogens (tertiary/aromatic N) is 2. The summed E-state index contributed by atoms with van der Waals surface area (Å²) in [6.07, 6.45) is 4.05. The fraction of sp³-hybridized carbons (Fsp3) is 0.733. The maximum atomic E-state index is 11.8. The van der Waals surface area contributed by atoms with Crippen molar-refractivity contribution in [1.29, 1.82) is 0 Å². The van der Waals surface area contributed by atoms with Crippen molar-refractivity contribution in [1.82, 2.24) is 15.2 Å². The van der Waals surface area contributed by atoms with E-state index in [1.54, 1.807) is 11.3 Å². The molecule has 0 saturated carbocycles. The summed E-state index contributed by atoms with van der Waals surface area (Å²) >= 11 is 1.67. The molecule has 4 nitrogen and oxygen atoms in total. The van der Waals surface area contributed by atoms with Gasteiger partial charge >= 0.3 is 0 Å². The van der Waals surface area contributed by atoms with Gasteiger partial charge in [0.15, 0.2) is 0 Å². The molecule has 0 aromatic carbocycles. The molecule has 1 aliphatic rings. The second-order valence-corrected chi connectivity index (χ2v) is 6.87. The van der Waals surface area contributed by atoms with Gasteiger partial charge in [0.2, 0.25) is 5.91 Å². The van der Waals surface area contributed by atoms with Crippen LogP contribution in [-0.2, 0) is 17.8 Å². The quantitative estimate of drug-likeness (QED) is 0.840. The van der Waals surface area contributed by atoms with Gasteiger partial charge < -0.3 is 5.32 Å². The molecule has 0 unspecified atom stereocenters. The lowest BCUT2D eigenvalue weighted by Crippen LogP contribution is -2.27. The molecule has 0 aliphatic carbocycles. The molecule has 2 rings (SSSR count). The van der Waals surface area contributed by atoms with E-state index in [0.29, 0.717) is 12.3 Å². The minimum atomic E-state index is 0.0867. The molecule has 112 valence electrons. The van der Waals surface area contributed by atoms with Crippen LogP contribution in [0.3, 0.4) is 0 Å². The summed E-state index contributed by atoms with van der Waals surface area (Å²) in [7, 11) is 0. The van der Waals surface area contributed by atoms with Gasteiger partial charge in [-0.1, -0.05) is 13.8 Å². The highest BCUT2D eigenvalue weighted by atomic mass is 32.1. The number of carbonyl (C=O) groups is 1. The van der Waals surface area contributed by atoms with Crippen molar-refractivity contribution in [3.8, 4) is 0 Å². The maximum Gasteiger partial charge on any atom is 0.226 e. The van der Waals surface area contributed by atoms with Gasteiger partial charge in [-0.25, -0.2) is 4.98 Å². The van der Waals surface area contributed by atoms with E-state index in [2.05, 4.69) is 29.0 Å². The van der Waals surface area contributed by atoms with E-state index in [0.717, 1.165) is 30.2 Å². The van der Waals surface area contributed by atoms with Gasteiger partial charge in [-0.2, -0.15) is 0 Å². The first-order valence-electron chi connectivity index (χ1n) is 7.56. The zero-order valence-corrected chi connectivity index (χ0v) is 13.3. The van der Waals surface area contributed by atoms with Crippen LogP contribution in [0.15, 0.2) is 5.38 Å². The Morgan fingerprint density at radius 1 is 1.45 bits per heavy atom. The Morgan fingerprint density at radius 2 is 2.20 bits per heavy atom. The minimum absolute atomic E-state index is 0.0867. The molecular weight excluding hydrogens is 270 g/mol. The average Bonchev–Trinajstić information content (AvgIpc) is 3.01. The molecule has 5 heteroatoms. The number of hydrogen-bond donors (Lipinski definition) is 1. The van der Waals surface area contributed by atoms with Gasteiger partial charge in [0.25, 0.3) is 0 Å². The second kappa shape index (κ2) is 7.74. The smallest absolute Gasteiger partial charge is 0.226 e. The molecule has 1 aromatic rings. The normalized spacial score (nSPS) is 15.9. The lowest BCUT2D eigenvalue weighted by Gasteiger charge is -2.11. The number of aromatic nitrogens is 1. The van der Waals surface area contributed by atoms with Crippen LogP contribution in [-0.4, -0.2) is 35.4 Å². The number of thiazole rings is 1. The molecule has 1 aromatic heterocycles. The van der Waals surface area contributed by atoms with Gasteiger partial charge in [-0.3, -0.25) is 9.69 Å². The first-order chi connectivity index (χ1) is 9.63.